The summed E-state index contributed by atoms with van der Waals surface area (Å²) in [5.41, 5.74) is 3.51. The molecule has 0 aliphatic carbocycles. The number of rotatable bonds is 5. The maximum atomic E-state index is 12.5. The summed E-state index contributed by atoms with van der Waals surface area (Å²) in [6.07, 6.45) is 2.14. The fraction of sp³-hybridized carbons (Fsp3) is 0.391. The highest BCUT2D eigenvalue weighted by molar-refractivity contribution is 7.18. The topological polar surface area (TPSA) is 45.2 Å². The molecule has 4 nitrogen and oxygen atoms in total. The quantitative estimate of drug-likeness (QED) is 0.686. The molecule has 0 spiro atoms. The van der Waals surface area contributed by atoms with E-state index in [1.54, 1.807) is 0 Å². The number of benzene rings is 2. The summed E-state index contributed by atoms with van der Waals surface area (Å²) >= 11 is 1.82. The molecule has 1 aliphatic heterocycles. The fourth-order valence-corrected chi connectivity index (χ4v) is 5.18. The third-order valence-corrected chi connectivity index (χ3v) is 6.85. The molecule has 0 bridgehead atoms. The number of aryl methyl sites for hydroxylation is 1. The molecule has 146 valence electrons. The Bertz CT molecular complexity index is 926. The molecule has 0 saturated carbocycles. The monoisotopic (exact) mass is 393 g/mol. The molecule has 1 saturated heterocycles. The number of thiazole rings is 1. The molecular formula is C23H27N3OS. The minimum absolute atomic E-state index is 0.0361. The normalized spacial score (nSPS) is 16.9. The van der Waals surface area contributed by atoms with Gasteiger partial charge in [0.2, 0.25) is 5.91 Å². The number of nitrogens with zero attached hydrogens (tertiary/aromatic N) is 2. The minimum Gasteiger partial charge on any atom is -0.348 e. The molecule has 1 amide bonds. The van der Waals surface area contributed by atoms with Gasteiger partial charge in [0.25, 0.3) is 0 Å². The summed E-state index contributed by atoms with van der Waals surface area (Å²) in [4.78, 5) is 19.6. The van der Waals surface area contributed by atoms with Crippen LogP contribution in [0, 0.1) is 6.92 Å². The first-order chi connectivity index (χ1) is 13.6. The van der Waals surface area contributed by atoms with E-state index in [4.69, 9.17) is 4.98 Å². The average Bonchev–Trinajstić information content (AvgIpc) is 3.13. The summed E-state index contributed by atoms with van der Waals surface area (Å²) in [6, 6.07) is 16.6. The van der Waals surface area contributed by atoms with Gasteiger partial charge in [0, 0.05) is 5.92 Å². The minimum atomic E-state index is 0.0361. The average molecular weight is 394 g/mol. The van der Waals surface area contributed by atoms with E-state index in [-0.39, 0.29) is 11.9 Å². The van der Waals surface area contributed by atoms with Crippen LogP contribution in [0.1, 0.15) is 47.9 Å². The Morgan fingerprint density at radius 1 is 1.18 bits per heavy atom. The van der Waals surface area contributed by atoms with Gasteiger partial charge in [-0.25, -0.2) is 4.98 Å². The maximum Gasteiger partial charge on any atom is 0.234 e. The van der Waals surface area contributed by atoms with Crippen LogP contribution in [0.15, 0.2) is 48.5 Å². The Kier molecular flexibility index (Phi) is 5.74. The van der Waals surface area contributed by atoms with E-state index in [1.807, 2.05) is 29.5 Å². The zero-order valence-corrected chi connectivity index (χ0v) is 17.3. The van der Waals surface area contributed by atoms with Gasteiger partial charge < -0.3 is 5.32 Å². The lowest BCUT2D eigenvalue weighted by Crippen LogP contribution is -2.41. The van der Waals surface area contributed by atoms with Crippen molar-refractivity contribution in [2.75, 3.05) is 19.6 Å². The van der Waals surface area contributed by atoms with Crippen LogP contribution in [-0.2, 0) is 4.79 Å². The fourth-order valence-electron chi connectivity index (χ4n) is 4.04. The molecule has 2 aromatic carbocycles. The van der Waals surface area contributed by atoms with E-state index in [1.165, 1.54) is 20.8 Å². The molecule has 5 heteroatoms. The summed E-state index contributed by atoms with van der Waals surface area (Å²) in [6.45, 7) is 6.52. The molecule has 0 unspecified atom stereocenters. The predicted molar refractivity (Wildman–Crippen MR) is 116 cm³/mol. The largest absolute Gasteiger partial charge is 0.348 e. The number of piperidine rings is 1. The van der Waals surface area contributed by atoms with Gasteiger partial charge in [-0.05, 0) is 63.0 Å². The first kappa shape index (κ1) is 19.1. The number of hydrogen-bond acceptors (Lipinski definition) is 4. The lowest BCUT2D eigenvalue weighted by atomic mass is 9.97. The van der Waals surface area contributed by atoms with Crippen LogP contribution in [0.2, 0.25) is 0 Å². The first-order valence-electron chi connectivity index (χ1n) is 10.0. The number of amides is 1. The van der Waals surface area contributed by atoms with Crippen LogP contribution in [-0.4, -0.2) is 35.4 Å². The number of nitrogens with one attached hydrogen (secondary N) is 1. The van der Waals surface area contributed by atoms with Crippen molar-refractivity contribution in [3.8, 4) is 0 Å². The second-order valence-electron chi connectivity index (χ2n) is 7.72. The summed E-state index contributed by atoms with van der Waals surface area (Å²) in [5, 5.41) is 4.40. The van der Waals surface area contributed by atoms with Gasteiger partial charge >= 0.3 is 0 Å². The van der Waals surface area contributed by atoms with Crippen LogP contribution < -0.4 is 5.32 Å². The van der Waals surface area contributed by atoms with E-state index in [2.05, 4.69) is 54.4 Å². The SMILES string of the molecule is Cc1ccccc1[C@@H](C)NC(=O)CN1CCC(c2nc3ccccc3s2)CC1. The van der Waals surface area contributed by atoms with Gasteiger partial charge in [-0.2, -0.15) is 0 Å². The molecule has 1 atom stereocenters. The number of fused-ring (bicyclic) bond motifs is 1. The molecular weight excluding hydrogens is 366 g/mol. The molecule has 1 aromatic heterocycles. The number of aromatic nitrogens is 1. The smallest absolute Gasteiger partial charge is 0.234 e. The van der Waals surface area contributed by atoms with Crippen molar-refractivity contribution in [1.29, 1.82) is 0 Å². The van der Waals surface area contributed by atoms with Crippen LogP contribution in [0.3, 0.4) is 0 Å². The molecule has 28 heavy (non-hydrogen) atoms. The zero-order chi connectivity index (χ0) is 19.5. The summed E-state index contributed by atoms with van der Waals surface area (Å²) < 4.78 is 1.27. The number of hydrogen-bond donors (Lipinski definition) is 1. The van der Waals surface area contributed by atoms with Crippen molar-refractivity contribution in [2.45, 2.75) is 38.6 Å². The van der Waals surface area contributed by atoms with Gasteiger partial charge in [-0.15, -0.1) is 11.3 Å². The van der Waals surface area contributed by atoms with E-state index >= 15 is 0 Å². The molecule has 4 rings (SSSR count). The lowest BCUT2D eigenvalue weighted by Gasteiger charge is -2.30. The molecule has 1 fully saturated rings. The van der Waals surface area contributed by atoms with Gasteiger partial charge in [-0.1, -0.05) is 36.4 Å². The number of likely N-dealkylation sites (tertiary alicyclic amines) is 1. The highest BCUT2D eigenvalue weighted by Gasteiger charge is 2.24. The van der Waals surface area contributed by atoms with Crippen molar-refractivity contribution in [3.05, 3.63) is 64.7 Å². The van der Waals surface area contributed by atoms with Crippen molar-refractivity contribution < 1.29 is 4.79 Å². The lowest BCUT2D eigenvalue weighted by molar-refractivity contribution is -0.123. The maximum absolute atomic E-state index is 12.5. The molecule has 1 N–H and O–H groups in total. The summed E-state index contributed by atoms with van der Waals surface area (Å²) in [5.74, 6) is 0.622. The third kappa shape index (κ3) is 4.26. The number of para-hydroxylation sites is 1. The van der Waals surface area contributed by atoms with Crippen molar-refractivity contribution in [2.24, 2.45) is 0 Å². The second-order valence-corrected chi connectivity index (χ2v) is 8.78. The predicted octanol–water partition coefficient (Wildman–Crippen LogP) is 4.66. The third-order valence-electron chi connectivity index (χ3n) is 5.65. The van der Waals surface area contributed by atoms with Gasteiger partial charge in [-0.3, -0.25) is 9.69 Å². The van der Waals surface area contributed by atoms with Crippen molar-refractivity contribution in [1.82, 2.24) is 15.2 Å². The summed E-state index contributed by atoms with van der Waals surface area (Å²) in [7, 11) is 0. The zero-order valence-electron chi connectivity index (χ0n) is 16.5. The van der Waals surface area contributed by atoms with Crippen LogP contribution in [0.25, 0.3) is 10.2 Å². The molecule has 2 heterocycles. The van der Waals surface area contributed by atoms with Crippen LogP contribution >= 0.6 is 11.3 Å². The number of carbonyl (C=O) groups excluding carboxylic acids is 1. The van der Waals surface area contributed by atoms with E-state index in [9.17, 15) is 4.79 Å². The van der Waals surface area contributed by atoms with Crippen LogP contribution in [0.4, 0.5) is 0 Å². The van der Waals surface area contributed by atoms with Crippen LogP contribution in [0.5, 0.6) is 0 Å². The Balaban J connectivity index is 1.29. The van der Waals surface area contributed by atoms with Gasteiger partial charge in [0.05, 0.1) is 27.8 Å². The first-order valence-corrected chi connectivity index (χ1v) is 10.8. The Labute approximate surface area is 170 Å². The van der Waals surface area contributed by atoms with E-state index in [0.29, 0.717) is 12.5 Å². The van der Waals surface area contributed by atoms with E-state index in [0.717, 1.165) is 31.4 Å². The van der Waals surface area contributed by atoms with E-state index < -0.39 is 0 Å². The molecule has 1 aliphatic rings. The van der Waals surface area contributed by atoms with Gasteiger partial charge in [0.15, 0.2) is 0 Å². The highest BCUT2D eigenvalue weighted by Crippen LogP contribution is 2.33. The van der Waals surface area contributed by atoms with Gasteiger partial charge in [0.1, 0.15) is 0 Å². The molecule has 3 aromatic rings. The Morgan fingerprint density at radius 2 is 1.89 bits per heavy atom. The standard InChI is InChI=1S/C23H27N3OS/c1-16-7-3-4-8-19(16)17(2)24-22(27)15-26-13-11-18(12-14-26)23-25-20-9-5-6-10-21(20)28-23/h3-10,17-18H,11-15H2,1-2H3,(H,24,27)/t17-/m1/s1. The Morgan fingerprint density at radius 3 is 2.64 bits per heavy atom. The van der Waals surface area contributed by atoms with Crippen molar-refractivity contribution >= 4 is 27.5 Å². The Hall–Kier alpha value is -2.24. The second kappa shape index (κ2) is 8.41. The number of carbonyl (C=O) groups is 1. The highest BCUT2D eigenvalue weighted by atomic mass is 32.1. The molecule has 0 radical (unpaired) electrons. The van der Waals surface area contributed by atoms with Crippen molar-refractivity contribution in [3.63, 3.8) is 0 Å².